The average molecular weight is 342 g/mol. The highest BCUT2D eigenvalue weighted by Crippen LogP contribution is 2.19. The number of fused-ring (bicyclic) bond motifs is 1. The van der Waals surface area contributed by atoms with E-state index in [1.54, 1.807) is 24.3 Å². The van der Waals surface area contributed by atoms with E-state index in [1.165, 1.54) is 0 Å². The molecule has 0 saturated carbocycles. The number of benzene rings is 2. The predicted octanol–water partition coefficient (Wildman–Crippen LogP) is 3.51. The van der Waals surface area contributed by atoms with Crippen LogP contribution in [0, 0.1) is 0 Å². The lowest BCUT2D eigenvalue weighted by atomic mass is 10.1. The number of nitrogens with two attached hydrogens (primary N) is 1. The number of nitrogens with zero attached hydrogens (tertiary/aromatic N) is 2. The molecule has 4 rings (SSSR count). The molecule has 1 amide bonds. The van der Waals surface area contributed by atoms with E-state index in [2.05, 4.69) is 10.3 Å². The number of carbonyl (C=O) groups is 1. The molecule has 0 unspecified atom stereocenters. The van der Waals surface area contributed by atoms with Gasteiger partial charge in [0, 0.05) is 35.8 Å². The summed E-state index contributed by atoms with van der Waals surface area (Å²) in [5, 5.41) is 2.91. The number of nitrogen functional groups attached to an aromatic ring is 1. The van der Waals surface area contributed by atoms with Crippen LogP contribution in [0.1, 0.15) is 15.9 Å². The van der Waals surface area contributed by atoms with Crippen molar-refractivity contribution in [3.8, 4) is 11.3 Å². The molecule has 5 heteroatoms. The third kappa shape index (κ3) is 3.28. The first-order valence-corrected chi connectivity index (χ1v) is 8.36. The monoisotopic (exact) mass is 342 g/mol. The Bertz CT molecular complexity index is 1030. The highest BCUT2D eigenvalue weighted by atomic mass is 16.1. The molecule has 0 fully saturated rings. The molecule has 2 aromatic carbocycles. The average Bonchev–Trinajstić information content (AvgIpc) is 3.11. The number of carbonyl (C=O) groups excluding carboxylic acids is 1. The second-order valence-electron chi connectivity index (χ2n) is 6.10. The van der Waals surface area contributed by atoms with Crippen LogP contribution in [0.15, 0.2) is 79.1 Å². The Morgan fingerprint density at radius 2 is 1.88 bits per heavy atom. The molecule has 0 saturated heterocycles. The summed E-state index contributed by atoms with van der Waals surface area (Å²) in [5.41, 5.74) is 10.8. The van der Waals surface area contributed by atoms with Gasteiger partial charge in [-0.25, -0.2) is 4.98 Å². The largest absolute Gasteiger partial charge is 0.399 e. The zero-order chi connectivity index (χ0) is 17.9. The zero-order valence-electron chi connectivity index (χ0n) is 14.1. The molecule has 128 valence electrons. The van der Waals surface area contributed by atoms with E-state index in [0.717, 1.165) is 22.5 Å². The maximum Gasteiger partial charge on any atom is 0.251 e. The molecule has 3 N–H and O–H groups in total. The van der Waals surface area contributed by atoms with Crippen molar-refractivity contribution in [1.29, 1.82) is 0 Å². The summed E-state index contributed by atoms with van der Waals surface area (Å²) < 4.78 is 2.00. The van der Waals surface area contributed by atoms with Gasteiger partial charge in [-0.15, -0.1) is 0 Å². The van der Waals surface area contributed by atoms with Gasteiger partial charge < -0.3 is 15.5 Å². The molecule has 26 heavy (non-hydrogen) atoms. The van der Waals surface area contributed by atoms with E-state index < -0.39 is 0 Å². The number of nitrogens with one attached hydrogen (secondary N) is 1. The Balaban J connectivity index is 1.45. The Kier molecular flexibility index (Phi) is 4.11. The lowest BCUT2D eigenvalue weighted by molar-refractivity contribution is 0.0951. The lowest BCUT2D eigenvalue weighted by Crippen LogP contribution is -2.22. The van der Waals surface area contributed by atoms with Crippen molar-refractivity contribution in [3.05, 3.63) is 90.3 Å². The summed E-state index contributed by atoms with van der Waals surface area (Å²) in [6, 6.07) is 20.9. The third-order valence-corrected chi connectivity index (χ3v) is 4.22. The highest BCUT2D eigenvalue weighted by molar-refractivity contribution is 5.94. The number of anilines is 1. The summed E-state index contributed by atoms with van der Waals surface area (Å²) in [5.74, 6) is -0.137. The fourth-order valence-corrected chi connectivity index (χ4v) is 2.83. The van der Waals surface area contributed by atoms with Crippen molar-refractivity contribution in [2.45, 2.75) is 6.54 Å². The predicted molar refractivity (Wildman–Crippen MR) is 103 cm³/mol. The minimum absolute atomic E-state index is 0.137. The Morgan fingerprint density at radius 1 is 1.04 bits per heavy atom. The van der Waals surface area contributed by atoms with Gasteiger partial charge in [0.05, 0.1) is 5.69 Å². The smallest absolute Gasteiger partial charge is 0.251 e. The lowest BCUT2D eigenvalue weighted by Gasteiger charge is -2.06. The minimum atomic E-state index is -0.137. The molecule has 0 atom stereocenters. The van der Waals surface area contributed by atoms with E-state index in [0.29, 0.717) is 17.8 Å². The van der Waals surface area contributed by atoms with Crippen LogP contribution in [0.5, 0.6) is 0 Å². The number of hydrogen-bond donors (Lipinski definition) is 2. The van der Waals surface area contributed by atoms with Gasteiger partial charge in [0.1, 0.15) is 5.65 Å². The van der Waals surface area contributed by atoms with Gasteiger partial charge in [-0.1, -0.05) is 36.4 Å². The maximum absolute atomic E-state index is 12.2. The zero-order valence-corrected chi connectivity index (χ0v) is 14.1. The molecule has 0 spiro atoms. The number of imidazole rings is 1. The molecule has 0 aliphatic heterocycles. The normalized spacial score (nSPS) is 10.8. The molecule has 0 aliphatic carbocycles. The first-order chi connectivity index (χ1) is 12.7. The number of hydrogen-bond acceptors (Lipinski definition) is 3. The van der Waals surface area contributed by atoms with Crippen molar-refractivity contribution in [1.82, 2.24) is 14.7 Å². The van der Waals surface area contributed by atoms with E-state index in [1.807, 2.05) is 59.3 Å². The first kappa shape index (κ1) is 15.9. The van der Waals surface area contributed by atoms with E-state index in [9.17, 15) is 4.79 Å². The van der Waals surface area contributed by atoms with Crippen LogP contribution in [-0.2, 0) is 6.54 Å². The minimum Gasteiger partial charge on any atom is -0.399 e. The van der Waals surface area contributed by atoms with E-state index in [-0.39, 0.29) is 5.91 Å². The second kappa shape index (κ2) is 6.72. The quantitative estimate of drug-likeness (QED) is 0.558. The van der Waals surface area contributed by atoms with Crippen LogP contribution in [0.3, 0.4) is 0 Å². The molecule has 0 aliphatic rings. The van der Waals surface area contributed by atoms with Crippen LogP contribution in [0.25, 0.3) is 16.9 Å². The molecule has 0 radical (unpaired) electrons. The fourth-order valence-electron chi connectivity index (χ4n) is 2.83. The van der Waals surface area contributed by atoms with Crippen molar-refractivity contribution in [3.63, 3.8) is 0 Å². The Morgan fingerprint density at radius 3 is 2.65 bits per heavy atom. The van der Waals surface area contributed by atoms with Crippen LogP contribution in [-0.4, -0.2) is 15.3 Å². The standard InChI is InChI=1S/C21H18N4O/c22-18-5-3-4-17(12-18)21(26)23-13-15-7-9-16(10-8-15)19-14-25-11-2-1-6-20(25)24-19/h1-12,14H,13,22H2,(H,23,26). The van der Waals surface area contributed by atoms with Crippen molar-refractivity contribution >= 4 is 17.2 Å². The molecule has 4 aromatic rings. The molecule has 0 bridgehead atoms. The summed E-state index contributed by atoms with van der Waals surface area (Å²) in [6.07, 6.45) is 3.98. The van der Waals surface area contributed by atoms with Gasteiger partial charge in [0.15, 0.2) is 0 Å². The fraction of sp³-hybridized carbons (Fsp3) is 0.0476. The van der Waals surface area contributed by atoms with E-state index >= 15 is 0 Å². The molecule has 2 heterocycles. The van der Waals surface area contributed by atoms with Gasteiger partial charge in [0.2, 0.25) is 0 Å². The van der Waals surface area contributed by atoms with Crippen molar-refractivity contribution < 1.29 is 4.79 Å². The van der Waals surface area contributed by atoms with Gasteiger partial charge in [0.25, 0.3) is 5.91 Å². The second-order valence-corrected chi connectivity index (χ2v) is 6.10. The molecule has 5 nitrogen and oxygen atoms in total. The topological polar surface area (TPSA) is 72.4 Å². The SMILES string of the molecule is Nc1cccc(C(=O)NCc2ccc(-c3cn4ccccc4n3)cc2)c1. The Hall–Kier alpha value is -3.60. The van der Waals surface area contributed by atoms with Crippen molar-refractivity contribution in [2.75, 3.05) is 5.73 Å². The van der Waals surface area contributed by atoms with Gasteiger partial charge in [-0.2, -0.15) is 0 Å². The summed E-state index contributed by atoms with van der Waals surface area (Å²) >= 11 is 0. The highest BCUT2D eigenvalue weighted by Gasteiger charge is 2.07. The Labute approximate surface area is 151 Å². The van der Waals surface area contributed by atoms with Gasteiger partial charge >= 0.3 is 0 Å². The van der Waals surface area contributed by atoms with Crippen LogP contribution in [0.4, 0.5) is 5.69 Å². The number of pyridine rings is 1. The summed E-state index contributed by atoms with van der Waals surface area (Å²) in [7, 11) is 0. The van der Waals surface area contributed by atoms with Crippen molar-refractivity contribution in [2.24, 2.45) is 0 Å². The number of aromatic nitrogens is 2. The maximum atomic E-state index is 12.2. The first-order valence-electron chi connectivity index (χ1n) is 8.36. The molecule has 2 aromatic heterocycles. The third-order valence-electron chi connectivity index (χ3n) is 4.22. The van der Waals surface area contributed by atoms with Crippen LogP contribution in [0.2, 0.25) is 0 Å². The summed E-state index contributed by atoms with van der Waals surface area (Å²) in [6.45, 7) is 0.457. The number of rotatable bonds is 4. The summed E-state index contributed by atoms with van der Waals surface area (Å²) in [4.78, 5) is 16.8. The van der Waals surface area contributed by atoms with Gasteiger partial charge in [-0.05, 0) is 35.9 Å². The molecular formula is C21H18N4O. The molecular weight excluding hydrogens is 324 g/mol. The van der Waals surface area contributed by atoms with Crippen LogP contribution >= 0.6 is 0 Å². The van der Waals surface area contributed by atoms with Gasteiger partial charge in [-0.3, -0.25) is 4.79 Å². The number of amides is 1. The van der Waals surface area contributed by atoms with E-state index in [4.69, 9.17) is 5.73 Å². The van der Waals surface area contributed by atoms with Crippen LogP contribution < -0.4 is 11.1 Å².